The van der Waals surface area contributed by atoms with E-state index in [-0.39, 0.29) is 18.4 Å². The van der Waals surface area contributed by atoms with Crippen LogP contribution < -0.4 is 10.6 Å². The number of piperidine rings is 1. The van der Waals surface area contributed by atoms with Crippen molar-refractivity contribution in [3.8, 4) is 0 Å². The third kappa shape index (κ3) is 4.46. The zero-order valence-corrected chi connectivity index (χ0v) is 11.8. The van der Waals surface area contributed by atoms with Gasteiger partial charge in [-0.2, -0.15) is 13.2 Å². The van der Waals surface area contributed by atoms with Gasteiger partial charge in [0.25, 0.3) is 0 Å². The number of benzene rings is 1. The number of nitrogens with one attached hydrogen (secondary N) is 2. The molecular formula is C15H19F3N2O. The number of rotatable bonds is 3. The van der Waals surface area contributed by atoms with Crippen molar-refractivity contribution >= 4 is 5.91 Å². The quantitative estimate of drug-likeness (QED) is 0.900. The second-order valence-electron chi connectivity index (χ2n) is 5.52. The molecule has 0 saturated carbocycles. The molecule has 3 nitrogen and oxygen atoms in total. The zero-order valence-electron chi connectivity index (χ0n) is 11.8. The lowest BCUT2D eigenvalue weighted by Gasteiger charge is -2.30. The van der Waals surface area contributed by atoms with E-state index in [1.807, 2.05) is 0 Å². The monoisotopic (exact) mass is 300 g/mol. The van der Waals surface area contributed by atoms with E-state index >= 15 is 0 Å². The van der Waals surface area contributed by atoms with Gasteiger partial charge in [0.15, 0.2) is 0 Å². The van der Waals surface area contributed by atoms with Gasteiger partial charge in [-0.05, 0) is 30.5 Å². The number of carbonyl (C=O) groups excluding carboxylic acids is 1. The van der Waals surface area contributed by atoms with Crippen molar-refractivity contribution in [3.63, 3.8) is 0 Å². The summed E-state index contributed by atoms with van der Waals surface area (Å²) in [6.45, 7) is 3.70. The molecule has 2 atom stereocenters. The lowest BCUT2D eigenvalue weighted by molar-refractivity contribution is -0.137. The van der Waals surface area contributed by atoms with Crippen LogP contribution in [0.5, 0.6) is 0 Å². The largest absolute Gasteiger partial charge is 0.416 e. The number of halogens is 3. The molecule has 116 valence electrons. The normalized spacial score (nSPS) is 22.9. The van der Waals surface area contributed by atoms with Crippen molar-refractivity contribution in [1.29, 1.82) is 0 Å². The third-order valence-corrected chi connectivity index (χ3v) is 3.79. The first-order valence-corrected chi connectivity index (χ1v) is 7.02. The minimum Gasteiger partial charge on any atom is -0.352 e. The Morgan fingerprint density at radius 2 is 2.19 bits per heavy atom. The van der Waals surface area contributed by atoms with Crippen LogP contribution in [-0.2, 0) is 17.4 Å². The smallest absolute Gasteiger partial charge is 0.352 e. The standard InChI is InChI=1S/C15H19F3N2O/c1-10-5-6-19-9-13(10)20-14(21)8-11-3-2-4-12(7-11)15(16,17)18/h2-4,7,10,13,19H,5-6,8-9H2,1H3,(H,20,21). The fourth-order valence-corrected chi connectivity index (χ4v) is 2.48. The summed E-state index contributed by atoms with van der Waals surface area (Å²) < 4.78 is 37.9. The molecule has 2 rings (SSSR count). The van der Waals surface area contributed by atoms with E-state index in [1.54, 1.807) is 0 Å². The van der Waals surface area contributed by atoms with Crippen LogP contribution in [0.25, 0.3) is 0 Å². The van der Waals surface area contributed by atoms with E-state index in [0.717, 1.165) is 25.1 Å². The maximum atomic E-state index is 12.6. The zero-order chi connectivity index (χ0) is 15.5. The van der Waals surface area contributed by atoms with Gasteiger partial charge in [-0.3, -0.25) is 4.79 Å². The van der Waals surface area contributed by atoms with E-state index in [2.05, 4.69) is 17.6 Å². The summed E-state index contributed by atoms with van der Waals surface area (Å²) in [4.78, 5) is 12.0. The van der Waals surface area contributed by atoms with Gasteiger partial charge in [0.2, 0.25) is 5.91 Å². The van der Waals surface area contributed by atoms with Crippen molar-refractivity contribution in [2.45, 2.75) is 32.0 Å². The van der Waals surface area contributed by atoms with Crippen LogP contribution in [0.1, 0.15) is 24.5 Å². The molecule has 1 amide bonds. The summed E-state index contributed by atoms with van der Waals surface area (Å²) >= 11 is 0. The van der Waals surface area contributed by atoms with Gasteiger partial charge in [0, 0.05) is 12.6 Å². The third-order valence-electron chi connectivity index (χ3n) is 3.79. The molecule has 1 aromatic carbocycles. The summed E-state index contributed by atoms with van der Waals surface area (Å²) in [6, 6.07) is 4.95. The predicted molar refractivity (Wildman–Crippen MR) is 73.7 cm³/mol. The van der Waals surface area contributed by atoms with Crippen molar-refractivity contribution in [1.82, 2.24) is 10.6 Å². The summed E-state index contributed by atoms with van der Waals surface area (Å²) in [5, 5.41) is 6.09. The Balaban J connectivity index is 1.96. The van der Waals surface area contributed by atoms with Crippen LogP contribution in [0.3, 0.4) is 0 Å². The Kier molecular flexibility index (Phi) is 4.88. The highest BCUT2D eigenvalue weighted by atomic mass is 19.4. The Labute approximate surface area is 121 Å². The molecule has 1 saturated heterocycles. The van der Waals surface area contributed by atoms with E-state index < -0.39 is 11.7 Å². The van der Waals surface area contributed by atoms with Gasteiger partial charge in [0.1, 0.15) is 0 Å². The van der Waals surface area contributed by atoms with Crippen molar-refractivity contribution in [2.75, 3.05) is 13.1 Å². The van der Waals surface area contributed by atoms with Crippen LogP contribution in [-0.4, -0.2) is 25.0 Å². The topological polar surface area (TPSA) is 41.1 Å². The Morgan fingerprint density at radius 1 is 1.43 bits per heavy atom. The minimum atomic E-state index is -4.38. The number of hydrogen-bond acceptors (Lipinski definition) is 2. The molecule has 1 heterocycles. The SMILES string of the molecule is CC1CCNCC1NC(=O)Cc1cccc(C(F)(F)F)c1. The molecular weight excluding hydrogens is 281 g/mol. The first-order valence-electron chi connectivity index (χ1n) is 7.02. The summed E-state index contributed by atoms with van der Waals surface area (Å²) in [5.41, 5.74) is -0.348. The highest BCUT2D eigenvalue weighted by Gasteiger charge is 2.30. The Bertz CT molecular complexity index is 502. The minimum absolute atomic E-state index is 0.0346. The number of amides is 1. The molecule has 1 fully saturated rings. The molecule has 0 radical (unpaired) electrons. The van der Waals surface area contributed by atoms with E-state index in [0.29, 0.717) is 18.0 Å². The second kappa shape index (κ2) is 6.47. The van der Waals surface area contributed by atoms with Crippen LogP contribution in [0.15, 0.2) is 24.3 Å². The average Bonchev–Trinajstić information content (AvgIpc) is 2.41. The van der Waals surface area contributed by atoms with Gasteiger partial charge < -0.3 is 10.6 Å². The average molecular weight is 300 g/mol. The second-order valence-corrected chi connectivity index (χ2v) is 5.52. The fourth-order valence-electron chi connectivity index (χ4n) is 2.48. The number of carbonyl (C=O) groups is 1. The number of alkyl halides is 3. The molecule has 2 unspecified atom stereocenters. The van der Waals surface area contributed by atoms with E-state index in [9.17, 15) is 18.0 Å². The van der Waals surface area contributed by atoms with Crippen LogP contribution in [0.2, 0.25) is 0 Å². The van der Waals surface area contributed by atoms with Crippen LogP contribution in [0, 0.1) is 5.92 Å². The highest BCUT2D eigenvalue weighted by Crippen LogP contribution is 2.29. The van der Waals surface area contributed by atoms with Crippen molar-refractivity contribution in [3.05, 3.63) is 35.4 Å². The van der Waals surface area contributed by atoms with Gasteiger partial charge in [-0.1, -0.05) is 25.1 Å². The maximum absolute atomic E-state index is 12.6. The Morgan fingerprint density at radius 3 is 2.86 bits per heavy atom. The molecule has 0 aliphatic carbocycles. The molecule has 21 heavy (non-hydrogen) atoms. The first-order chi connectivity index (χ1) is 9.86. The van der Waals surface area contributed by atoms with Crippen LogP contribution >= 0.6 is 0 Å². The molecule has 0 aromatic heterocycles. The molecule has 6 heteroatoms. The molecule has 1 aliphatic rings. The van der Waals surface area contributed by atoms with Crippen LogP contribution in [0.4, 0.5) is 13.2 Å². The van der Waals surface area contributed by atoms with Crippen molar-refractivity contribution in [2.24, 2.45) is 5.92 Å². The van der Waals surface area contributed by atoms with Crippen molar-refractivity contribution < 1.29 is 18.0 Å². The summed E-state index contributed by atoms with van der Waals surface area (Å²) in [6.07, 6.45) is -3.43. The van der Waals surface area contributed by atoms with Gasteiger partial charge >= 0.3 is 6.18 Å². The van der Waals surface area contributed by atoms with E-state index in [4.69, 9.17) is 0 Å². The molecule has 2 N–H and O–H groups in total. The first kappa shape index (κ1) is 15.8. The lowest BCUT2D eigenvalue weighted by atomic mass is 9.94. The van der Waals surface area contributed by atoms with Gasteiger partial charge in [-0.15, -0.1) is 0 Å². The molecule has 1 aromatic rings. The molecule has 0 bridgehead atoms. The molecule has 0 spiro atoms. The van der Waals surface area contributed by atoms with Gasteiger partial charge in [0.05, 0.1) is 12.0 Å². The van der Waals surface area contributed by atoms with E-state index in [1.165, 1.54) is 12.1 Å². The number of hydrogen-bond donors (Lipinski definition) is 2. The Hall–Kier alpha value is -1.56. The fraction of sp³-hybridized carbons (Fsp3) is 0.533. The summed E-state index contributed by atoms with van der Waals surface area (Å²) in [5.74, 6) is 0.131. The molecule has 1 aliphatic heterocycles. The predicted octanol–water partition coefficient (Wildman–Crippen LogP) is 2.36. The van der Waals surface area contributed by atoms with Gasteiger partial charge in [-0.25, -0.2) is 0 Å². The lowest BCUT2D eigenvalue weighted by Crippen LogP contribution is -2.50. The maximum Gasteiger partial charge on any atom is 0.416 e. The summed E-state index contributed by atoms with van der Waals surface area (Å²) in [7, 11) is 0. The highest BCUT2D eigenvalue weighted by molar-refractivity contribution is 5.79.